The molecule has 2 aromatic carbocycles. The summed E-state index contributed by atoms with van der Waals surface area (Å²) in [6.45, 7) is 5.72. The summed E-state index contributed by atoms with van der Waals surface area (Å²) in [4.78, 5) is 44.2. The molecule has 1 aromatic heterocycles. The molecule has 0 spiro atoms. The van der Waals surface area contributed by atoms with Crippen LogP contribution in [0.5, 0.6) is 0 Å². The van der Waals surface area contributed by atoms with Crippen LogP contribution < -0.4 is 5.32 Å². The molecule has 202 valence electrons. The Hall–Kier alpha value is -3.69. The van der Waals surface area contributed by atoms with Gasteiger partial charge >= 0.3 is 12.0 Å². The molecule has 3 aromatic rings. The molecule has 1 N–H and O–H groups in total. The van der Waals surface area contributed by atoms with Gasteiger partial charge in [-0.15, -0.1) is 11.3 Å². The van der Waals surface area contributed by atoms with E-state index in [-0.39, 0.29) is 19.1 Å². The van der Waals surface area contributed by atoms with Gasteiger partial charge in [-0.2, -0.15) is 0 Å². The largest absolute Gasteiger partial charge is 0.462 e. The standard InChI is InChI=1S/C29H35N3O5S/c1-4-37-28(34)24-12-14-25(15-13-24)30-29(35)31(17-8-18-36-3)21-27(33)32(19-23-9-6-5-7-10-23)20-26-16-11-22(2)38-26/h5-7,9-16H,4,8,17-21H2,1-3H3,(H,30,35). The Morgan fingerprint density at radius 3 is 2.29 bits per heavy atom. The van der Waals surface area contributed by atoms with Crippen LogP contribution in [0.25, 0.3) is 0 Å². The number of rotatable bonds is 13. The summed E-state index contributed by atoms with van der Waals surface area (Å²) in [5, 5.41) is 2.84. The van der Waals surface area contributed by atoms with E-state index in [9.17, 15) is 14.4 Å². The van der Waals surface area contributed by atoms with Gasteiger partial charge in [-0.1, -0.05) is 30.3 Å². The van der Waals surface area contributed by atoms with Crippen LogP contribution in [-0.4, -0.2) is 61.1 Å². The number of carbonyl (C=O) groups excluding carboxylic acids is 3. The average molecular weight is 538 g/mol. The lowest BCUT2D eigenvalue weighted by Gasteiger charge is -2.28. The molecule has 0 atom stereocenters. The number of carbonyl (C=O) groups is 3. The molecule has 0 saturated carbocycles. The molecule has 3 rings (SSSR count). The first-order valence-electron chi connectivity index (χ1n) is 12.6. The van der Waals surface area contributed by atoms with E-state index in [1.807, 2.05) is 49.4 Å². The van der Waals surface area contributed by atoms with Crippen LogP contribution in [0.1, 0.15) is 39.0 Å². The molecular formula is C29H35N3O5S. The van der Waals surface area contributed by atoms with Gasteiger partial charge in [-0.3, -0.25) is 4.79 Å². The summed E-state index contributed by atoms with van der Waals surface area (Å²) in [7, 11) is 1.60. The van der Waals surface area contributed by atoms with Gasteiger partial charge in [0.15, 0.2) is 0 Å². The van der Waals surface area contributed by atoms with E-state index in [0.717, 1.165) is 10.4 Å². The third-order valence-electron chi connectivity index (χ3n) is 5.75. The summed E-state index contributed by atoms with van der Waals surface area (Å²) < 4.78 is 10.2. The Morgan fingerprint density at radius 2 is 1.66 bits per heavy atom. The summed E-state index contributed by atoms with van der Waals surface area (Å²) >= 11 is 1.66. The van der Waals surface area contributed by atoms with Crippen molar-refractivity contribution in [2.75, 3.05) is 38.7 Å². The highest BCUT2D eigenvalue weighted by atomic mass is 32.1. The van der Waals surface area contributed by atoms with E-state index in [2.05, 4.69) is 5.32 Å². The predicted octanol–water partition coefficient (Wildman–Crippen LogP) is 5.33. The number of nitrogens with zero attached hydrogens (tertiary/aromatic N) is 2. The fourth-order valence-corrected chi connectivity index (χ4v) is 4.72. The quantitative estimate of drug-likeness (QED) is 0.235. The molecule has 0 radical (unpaired) electrons. The number of esters is 1. The molecule has 8 nitrogen and oxygen atoms in total. The lowest BCUT2D eigenvalue weighted by molar-refractivity contribution is -0.133. The van der Waals surface area contributed by atoms with Crippen molar-refractivity contribution >= 4 is 34.9 Å². The van der Waals surface area contributed by atoms with E-state index in [1.54, 1.807) is 54.5 Å². The van der Waals surface area contributed by atoms with Gasteiger partial charge in [-0.05, 0) is 62.2 Å². The molecule has 0 bridgehead atoms. The minimum Gasteiger partial charge on any atom is -0.462 e. The number of anilines is 1. The molecule has 9 heteroatoms. The first-order valence-corrected chi connectivity index (χ1v) is 13.4. The van der Waals surface area contributed by atoms with Crippen molar-refractivity contribution in [3.8, 4) is 0 Å². The van der Waals surface area contributed by atoms with E-state index in [0.29, 0.717) is 43.9 Å². The third-order valence-corrected chi connectivity index (χ3v) is 6.73. The normalized spacial score (nSPS) is 10.6. The van der Waals surface area contributed by atoms with Gasteiger partial charge < -0.3 is 24.6 Å². The highest BCUT2D eigenvalue weighted by molar-refractivity contribution is 7.11. The first kappa shape index (κ1) is 28.9. The highest BCUT2D eigenvalue weighted by Crippen LogP contribution is 2.19. The fraction of sp³-hybridized carbons (Fsp3) is 0.345. The topological polar surface area (TPSA) is 88.2 Å². The molecule has 0 unspecified atom stereocenters. The maximum atomic E-state index is 13.6. The van der Waals surface area contributed by atoms with E-state index < -0.39 is 12.0 Å². The number of thiophene rings is 1. The SMILES string of the molecule is CCOC(=O)c1ccc(NC(=O)N(CCCOC)CC(=O)N(Cc2ccccc2)Cc2ccc(C)s2)cc1. The molecule has 3 amide bonds. The first-order chi connectivity index (χ1) is 18.4. The van der Waals surface area contributed by atoms with Crippen LogP contribution in [0.4, 0.5) is 10.5 Å². The number of methoxy groups -OCH3 is 1. The number of aryl methyl sites for hydroxylation is 1. The summed E-state index contributed by atoms with van der Waals surface area (Å²) in [6.07, 6.45) is 0.585. The molecule has 0 fully saturated rings. The van der Waals surface area contributed by atoms with Crippen molar-refractivity contribution in [1.29, 1.82) is 0 Å². The second-order valence-corrected chi connectivity index (χ2v) is 10.1. The minimum absolute atomic E-state index is 0.0757. The Bertz CT molecular complexity index is 1180. The molecule has 0 saturated heterocycles. The van der Waals surface area contributed by atoms with Crippen molar-refractivity contribution < 1.29 is 23.9 Å². The van der Waals surface area contributed by atoms with Crippen LogP contribution in [0.3, 0.4) is 0 Å². The monoisotopic (exact) mass is 537 g/mol. The molecule has 38 heavy (non-hydrogen) atoms. The van der Waals surface area contributed by atoms with E-state index in [4.69, 9.17) is 9.47 Å². The fourth-order valence-electron chi connectivity index (χ4n) is 3.82. The van der Waals surface area contributed by atoms with Gasteiger partial charge in [0, 0.05) is 42.2 Å². The van der Waals surface area contributed by atoms with Gasteiger partial charge in [0.1, 0.15) is 6.54 Å². The van der Waals surface area contributed by atoms with Gasteiger partial charge in [0.25, 0.3) is 0 Å². The van der Waals surface area contributed by atoms with Crippen LogP contribution in [0, 0.1) is 6.92 Å². The predicted molar refractivity (Wildman–Crippen MR) is 149 cm³/mol. The minimum atomic E-state index is -0.420. The van der Waals surface area contributed by atoms with Crippen LogP contribution in [-0.2, 0) is 27.4 Å². The van der Waals surface area contributed by atoms with E-state index in [1.165, 1.54) is 9.78 Å². The molecule has 0 aliphatic rings. The van der Waals surface area contributed by atoms with Crippen molar-refractivity contribution in [2.45, 2.75) is 33.4 Å². The Balaban J connectivity index is 1.73. The number of ether oxygens (including phenoxy) is 2. The summed E-state index contributed by atoms with van der Waals surface area (Å²) in [5.41, 5.74) is 1.94. The smallest absolute Gasteiger partial charge is 0.338 e. The van der Waals surface area contributed by atoms with Gasteiger partial charge in [0.2, 0.25) is 5.91 Å². The number of benzene rings is 2. The van der Waals surface area contributed by atoms with E-state index >= 15 is 0 Å². The summed E-state index contributed by atoms with van der Waals surface area (Å²) in [5.74, 6) is -0.568. The lowest BCUT2D eigenvalue weighted by atomic mass is 10.2. The Labute approximate surface area is 228 Å². The second kappa shape index (κ2) is 14.9. The zero-order chi connectivity index (χ0) is 27.3. The Morgan fingerprint density at radius 1 is 0.921 bits per heavy atom. The number of urea groups is 1. The van der Waals surface area contributed by atoms with Crippen molar-refractivity contribution in [3.05, 3.63) is 87.6 Å². The molecule has 0 aliphatic carbocycles. The third kappa shape index (κ3) is 9.00. The van der Waals surface area contributed by atoms with Gasteiger partial charge in [-0.25, -0.2) is 9.59 Å². The molecular weight excluding hydrogens is 502 g/mol. The molecule has 1 heterocycles. The zero-order valence-corrected chi connectivity index (χ0v) is 23.0. The van der Waals surface area contributed by atoms with Crippen molar-refractivity contribution in [2.24, 2.45) is 0 Å². The highest BCUT2D eigenvalue weighted by Gasteiger charge is 2.22. The van der Waals surface area contributed by atoms with Crippen LogP contribution >= 0.6 is 11.3 Å². The maximum absolute atomic E-state index is 13.6. The zero-order valence-electron chi connectivity index (χ0n) is 22.1. The van der Waals surface area contributed by atoms with Crippen LogP contribution in [0.15, 0.2) is 66.7 Å². The summed E-state index contributed by atoms with van der Waals surface area (Å²) in [6, 6.07) is 20.0. The van der Waals surface area contributed by atoms with Gasteiger partial charge in [0.05, 0.1) is 18.7 Å². The maximum Gasteiger partial charge on any atom is 0.338 e. The number of nitrogens with one attached hydrogen (secondary N) is 1. The second-order valence-electron chi connectivity index (χ2n) is 8.74. The molecule has 0 aliphatic heterocycles. The van der Waals surface area contributed by atoms with Crippen molar-refractivity contribution in [3.63, 3.8) is 0 Å². The lowest BCUT2D eigenvalue weighted by Crippen LogP contribution is -2.44. The number of amides is 3. The average Bonchev–Trinajstić information content (AvgIpc) is 3.33. The van der Waals surface area contributed by atoms with Crippen molar-refractivity contribution in [1.82, 2.24) is 9.80 Å². The number of hydrogen-bond donors (Lipinski definition) is 1. The Kier molecular flexibility index (Phi) is 11.3. The number of hydrogen-bond acceptors (Lipinski definition) is 6. The van der Waals surface area contributed by atoms with Crippen LogP contribution in [0.2, 0.25) is 0 Å².